The first kappa shape index (κ1) is 17.0. The van der Waals surface area contributed by atoms with Crippen LogP contribution in [0, 0.1) is 24.7 Å². The third kappa shape index (κ3) is 3.31. The summed E-state index contributed by atoms with van der Waals surface area (Å²) in [6, 6.07) is 17.0. The van der Waals surface area contributed by atoms with Gasteiger partial charge in [0.25, 0.3) is 0 Å². The predicted octanol–water partition coefficient (Wildman–Crippen LogP) is 5.64. The molecule has 2 nitrogen and oxygen atoms in total. The summed E-state index contributed by atoms with van der Waals surface area (Å²) in [6.07, 6.45) is 9.02. The number of amides is 1. The summed E-state index contributed by atoms with van der Waals surface area (Å²) in [4.78, 5) is 12.4. The van der Waals surface area contributed by atoms with E-state index in [1.807, 2.05) is 12.1 Å². The molecule has 0 radical (unpaired) electrons. The van der Waals surface area contributed by atoms with Gasteiger partial charge in [0.1, 0.15) is 0 Å². The molecule has 0 saturated heterocycles. The summed E-state index contributed by atoms with van der Waals surface area (Å²) in [7, 11) is 0. The first-order valence-corrected chi connectivity index (χ1v) is 10.5. The zero-order valence-electron chi connectivity index (χ0n) is 16.2. The average Bonchev–Trinajstić information content (AvgIpc) is 2.63. The van der Waals surface area contributed by atoms with Gasteiger partial charge in [-0.05, 0) is 91.9 Å². The molecule has 2 heteroatoms. The molecule has 0 unspecified atom stereocenters. The van der Waals surface area contributed by atoms with Crippen molar-refractivity contribution in [2.75, 3.05) is 5.32 Å². The van der Waals surface area contributed by atoms with Crippen LogP contribution in [0.1, 0.15) is 55.2 Å². The van der Waals surface area contributed by atoms with Gasteiger partial charge in [-0.1, -0.05) is 42.0 Å². The van der Waals surface area contributed by atoms with E-state index in [2.05, 4.69) is 48.6 Å². The monoisotopic (exact) mass is 359 g/mol. The van der Waals surface area contributed by atoms with E-state index < -0.39 is 0 Å². The Labute approximate surface area is 162 Å². The minimum absolute atomic E-state index is 0.0569. The molecule has 4 aliphatic rings. The summed E-state index contributed by atoms with van der Waals surface area (Å²) in [6.45, 7) is 2.06. The predicted molar refractivity (Wildman–Crippen MR) is 110 cm³/mol. The van der Waals surface area contributed by atoms with Crippen molar-refractivity contribution in [1.29, 1.82) is 0 Å². The lowest BCUT2D eigenvalue weighted by atomic mass is 9.48. The molecule has 4 bridgehead atoms. The van der Waals surface area contributed by atoms with Crippen molar-refractivity contribution < 1.29 is 4.79 Å². The van der Waals surface area contributed by atoms with E-state index in [4.69, 9.17) is 0 Å². The van der Waals surface area contributed by atoms with Crippen LogP contribution in [0.25, 0.3) is 0 Å². The molecule has 4 saturated carbocycles. The van der Waals surface area contributed by atoms with E-state index >= 15 is 0 Å². The van der Waals surface area contributed by atoms with Crippen LogP contribution in [0.4, 0.5) is 5.69 Å². The number of anilines is 1. The molecule has 1 N–H and O–H groups in total. The molecule has 140 valence electrons. The molecule has 0 heterocycles. The molecule has 2 aromatic carbocycles. The molecule has 2 aromatic rings. The van der Waals surface area contributed by atoms with Crippen molar-refractivity contribution in [1.82, 2.24) is 0 Å². The van der Waals surface area contributed by atoms with Gasteiger partial charge in [0.2, 0.25) is 5.91 Å². The summed E-state index contributed by atoms with van der Waals surface area (Å²) in [5.41, 5.74) is 5.14. The number of nitrogens with one attached hydrogen (secondary N) is 1. The van der Waals surface area contributed by atoms with Gasteiger partial charge in [-0.15, -0.1) is 0 Å². The highest BCUT2D eigenvalue weighted by molar-refractivity contribution is 5.92. The van der Waals surface area contributed by atoms with Gasteiger partial charge in [-0.3, -0.25) is 4.79 Å². The van der Waals surface area contributed by atoms with Crippen molar-refractivity contribution in [3.63, 3.8) is 0 Å². The third-order valence-corrected chi connectivity index (χ3v) is 7.30. The van der Waals surface area contributed by atoms with Crippen LogP contribution < -0.4 is 5.32 Å². The second kappa shape index (κ2) is 6.51. The number of carbonyl (C=O) groups is 1. The molecule has 0 spiro atoms. The molecule has 4 fully saturated rings. The highest BCUT2D eigenvalue weighted by Crippen LogP contribution is 2.60. The molecule has 0 atom stereocenters. The van der Waals surface area contributed by atoms with Gasteiger partial charge in [-0.2, -0.15) is 0 Å². The van der Waals surface area contributed by atoms with Crippen LogP contribution in [0.5, 0.6) is 0 Å². The van der Waals surface area contributed by atoms with Crippen molar-refractivity contribution in [3.05, 3.63) is 65.2 Å². The van der Waals surface area contributed by atoms with Gasteiger partial charge in [0.05, 0.1) is 6.42 Å². The zero-order chi connectivity index (χ0) is 18.4. The standard InChI is InChI=1S/C25H29NO/c1-17-2-4-18(5-3-17)13-24(27)26-23-8-6-22(7-9-23)25-14-19-10-20(15-25)12-21(11-19)16-25/h2-9,19-21H,10-16H2,1H3,(H,26,27). The maximum atomic E-state index is 12.4. The molecule has 6 rings (SSSR count). The van der Waals surface area contributed by atoms with E-state index in [-0.39, 0.29) is 5.91 Å². The van der Waals surface area contributed by atoms with Crippen molar-refractivity contribution in [2.24, 2.45) is 17.8 Å². The molecule has 0 aromatic heterocycles. The summed E-state index contributed by atoms with van der Waals surface area (Å²) < 4.78 is 0. The Hall–Kier alpha value is -2.09. The van der Waals surface area contributed by atoms with Crippen LogP contribution in [0.3, 0.4) is 0 Å². The van der Waals surface area contributed by atoms with Crippen LogP contribution in [-0.4, -0.2) is 5.91 Å². The fourth-order valence-electron chi connectivity index (χ4n) is 6.47. The van der Waals surface area contributed by atoms with Crippen LogP contribution in [0.15, 0.2) is 48.5 Å². The molecule has 27 heavy (non-hydrogen) atoms. The Balaban J connectivity index is 1.27. The van der Waals surface area contributed by atoms with Crippen LogP contribution in [0.2, 0.25) is 0 Å². The van der Waals surface area contributed by atoms with Gasteiger partial charge in [-0.25, -0.2) is 0 Å². The fraction of sp³-hybridized carbons (Fsp3) is 0.480. The Bertz CT molecular complexity index is 798. The summed E-state index contributed by atoms with van der Waals surface area (Å²) >= 11 is 0. The highest BCUT2D eigenvalue weighted by atomic mass is 16.1. The minimum Gasteiger partial charge on any atom is -0.326 e. The van der Waals surface area contributed by atoms with E-state index in [1.165, 1.54) is 49.7 Å². The fourth-order valence-corrected chi connectivity index (χ4v) is 6.47. The highest BCUT2D eigenvalue weighted by Gasteiger charge is 2.51. The summed E-state index contributed by atoms with van der Waals surface area (Å²) in [5, 5.41) is 3.07. The maximum Gasteiger partial charge on any atom is 0.228 e. The van der Waals surface area contributed by atoms with E-state index in [1.54, 1.807) is 0 Å². The normalized spacial score (nSPS) is 31.1. The molecular formula is C25H29NO. The number of hydrogen-bond donors (Lipinski definition) is 1. The molecular weight excluding hydrogens is 330 g/mol. The Kier molecular flexibility index (Phi) is 4.11. The van der Waals surface area contributed by atoms with Crippen LogP contribution >= 0.6 is 0 Å². The lowest BCUT2D eigenvalue weighted by Gasteiger charge is -2.57. The number of rotatable bonds is 4. The Morgan fingerprint density at radius 1 is 0.889 bits per heavy atom. The van der Waals surface area contributed by atoms with Crippen molar-refractivity contribution >= 4 is 11.6 Å². The second-order valence-corrected chi connectivity index (χ2v) is 9.49. The molecule has 4 aliphatic carbocycles. The second-order valence-electron chi connectivity index (χ2n) is 9.49. The molecule has 1 amide bonds. The number of benzene rings is 2. The largest absolute Gasteiger partial charge is 0.326 e. The summed E-state index contributed by atoms with van der Waals surface area (Å²) in [5.74, 6) is 2.95. The first-order chi connectivity index (χ1) is 13.1. The van der Waals surface area contributed by atoms with Gasteiger partial charge >= 0.3 is 0 Å². The van der Waals surface area contributed by atoms with E-state index in [9.17, 15) is 4.79 Å². The SMILES string of the molecule is Cc1ccc(CC(=O)Nc2ccc(C34CC5CC(CC(C5)C3)C4)cc2)cc1. The van der Waals surface area contributed by atoms with E-state index in [0.717, 1.165) is 29.0 Å². The number of aryl methyl sites for hydroxylation is 1. The minimum atomic E-state index is 0.0569. The number of carbonyl (C=O) groups excluding carboxylic acids is 1. The van der Waals surface area contributed by atoms with Gasteiger partial charge in [0.15, 0.2) is 0 Å². The lowest BCUT2D eigenvalue weighted by Crippen LogP contribution is -2.48. The molecule has 0 aliphatic heterocycles. The Morgan fingerprint density at radius 2 is 1.44 bits per heavy atom. The topological polar surface area (TPSA) is 29.1 Å². The Morgan fingerprint density at radius 3 is 2.00 bits per heavy atom. The number of hydrogen-bond acceptors (Lipinski definition) is 1. The quantitative estimate of drug-likeness (QED) is 0.751. The lowest BCUT2D eigenvalue weighted by molar-refractivity contribution is -0.115. The average molecular weight is 360 g/mol. The van der Waals surface area contributed by atoms with Gasteiger partial charge < -0.3 is 5.32 Å². The van der Waals surface area contributed by atoms with Crippen molar-refractivity contribution in [3.8, 4) is 0 Å². The first-order valence-electron chi connectivity index (χ1n) is 10.5. The van der Waals surface area contributed by atoms with Crippen molar-refractivity contribution in [2.45, 2.75) is 57.3 Å². The smallest absolute Gasteiger partial charge is 0.228 e. The van der Waals surface area contributed by atoms with Gasteiger partial charge in [0, 0.05) is 5.69 Å². The maximum absolute atomic E-state index is 12.4. The van der Waals surface area contributed by atoms with Crippen LogP contribution in [-0.2, 0) is 16.6 Å². The zero-order valence-corrected chi connectivity index (χ0v) is 16.2. The third-order valence-electron chi connectivity index (χ3n) is 7.30. The van der Waals surface area contributed by atoms with E-state index in [0.29, 0.717) is 11.8 Å².